The second-order valence-electron chi connectivity index (χ2n) is 4.69. The van der Waals surface area contributed by atoms with E-state index in [-0.39, 0.29) is 23.2 Å². The molecule has 1 fully saturated rings. The molecule has 1 aliphatic rings. The first-order valence-electron chi connectivity index (χ1n) is 6.35. The molecule has 0 saturated heterocycles. The van der Waals surface area contributed by atoms with Crippen molar-refractivity contribution in [3.63, 3.8) is 0 Å². The molecule has 1 saturated carbocycles. The highest BCUT2D eigenvalue weighted by Gasteiger charge is 2.32. The van der Waals surface area contributed by atoms with Crippen LogP contribution >= 0.6 is 23.2 Å². The molecule has 5 nitrogen and oxygen atoms in total. The van der Waals surface area contributed by atoms with Crippen LogP contribution in [-0.2, 0) is 0 Å². The monoisotopic (exact) mass is 316 g/mol. The van der Waals surface area contributed by atoms with Crippen LogP contribution < -0.4 is 0 Å². The van der Waals surface area contributed by atoms with Crippen LogP contribution in [0.3, 0.4) is 0 Å². The molecule has 0 spiro atoms. The number of rotatable bonds is 5. The van der Waals surface area contributed by atoms with Crippen LogP contribution in [0.1, 0.15) is 29.6 Å². The third kappa shape index (κ3) is 3.04. The summed E-state index contributed by atoms with van der Waals surface area (Å²) >= 11 is 11.6. The van der Waals surface area contributed by atoms with Gasteiger partial charge in [0.05, 0.1) is 4.92 Å². The molecule has 0 atom stereocenters. The number of carbonyl (C=O) groups is 1. The number of hydrogen-bond donors (Lipinski definition) is 0. The molecule has 2 rings (SSSR count). The van der Waals surface area contributed by atoms with Gasteiger partial charge in [-0.3, -0.25) is 14.9 Å². The van der Waals surface area contributed by atoms with Gasteiger partial charge in [0.25, 0.3) is 11.6 Å². The number of nitrogens with zero attached hydrogens (tertiary/aromatic N) is 2. The Bertz CT molecular complexity index is 532. The van der Waals surface area contributed by atoms with E-state index in [0.29, 0.717) is 17.4 Å². The predicted molar refractivity (Wildman–Crippen MR) is 77.5 cm³/mol. The Kier molecular flexibility index (Phi) is 4.83. The quantitative estimate of drug-likeness (QED) is 0.474. The van der Waals surface area contributed by atoms with Gasteiger partial charge in [0, 0.05) is 29.6 Å². The molecular formula is C13H14Cl2N2O3. The van der Waals surface area contributed by atoms with E-state index in [4.69, 9.17) is 23.2 Å². The summed E-state index contributed by atoms with van der Waals surface area (Å²) < 4.78 is 0. The lowest BCUT2D eigenvalue weighted by atomic mass is 9.91. The van der Waals surface area contributed by atoms with Gasteiger partial charge in [-0.05, 0) is 31.4 Å². The third-order valence-electron chi connectivity index (χ3n) is 3.49. The van der Waals surface area contributed by atoms with Crippen LogP contribution in [0.2, 0.25) is 5.02 Å². The molecule has 0 bridgehead atoms. The van der Waals surface area contributed by atoms with Gasteiger partial charge in [-0.2, -0.15) is 0 Å². The SMILES string of the molecule is O=C(c1cc(Cl)ccc1[N+](=O)[O-])N(CCCl)C1CCC1. The van der Waals surface area contributed by atoms with Crippen LogP contribution in [0.5, 0.6) is 0 Å². The highest BCUT2D eigenvalue weighted by atomic mass is 35.5. The predicted octanol–water partition coefficient (Wildman–Crippen LogP) is 3.48. The molecule has 1 aliphatic carbocycles. The summed E-state index contributed by atoms with van der Waals surface area (Å²) in [6.07, 6.45) is 2.89. The van der Waals surface area contributed by atoms with E-state index in [2.05, 4.69) is 0 Å². The number of nitro groups is 1. The van der Waals surface area contributed by atoms with Gasteiger partial charge >= 0.3 is 0 Å². The average molecular weight is 317 g/mol. The zero-order chi connectivity index (χ0) is 14.7. The van der Waals surface area contributed by atoms with Gasteiger partial charge in [0.15, 0.2) is 0 Å². The summed E-state index contributed by atoms with van der Waals surface area (Å²) in [6.45, 7) is 0.384. The summed E-state index contributed by atoms with van der Waals surface area (Å²) in [5.74, 6) is -0.0686. The van der Waals surface area contributed by atoms with E-state index in [1.54, 1.807) is 4.90 Å². The van der Waals surface area contributed by atoms with E-state index in [1.165, 1.54) is 18.2 Å². The van der Waals surface area contributed by atoms with Crippen LogP contribution in [0.15, 0.2) is 18.2 Å². The Morgan fingerprint density at radius 2 is 2.15 bits per heavy atom. The summed E-state index contributed by atoms with van der Waals surface area (Å²) in [4.78, 5) is 24.6. The molecule has 0 radical (unpaired) electrons. The number of halogens is 2. The molecule has 0 aromatic heterocycles. The lowest BCUT2D eigenvalue weighted by molar-refractivity contribution is -0.385. The van der Waals surface area contributed by atoms with Crippen molar-refractivity contribution < 1.29 is 9.72 Å². The Morgan fingerprint density at radius 3 is 2.65 bits per heavy atom. The zero-order valence-electron chi connectivity index (χ0n) is 10.7. The van der Waals surface area contributed by atoms with Gasteiger partial charge in [0.2, 0.25) is 0 Å². The summed E-state index contributed by atoms with van der Waals surface area (Å²) in [5.41, 5.74) is -0.196. The van der Waals surface area contributed by atoms with Crippen molar-refractivity contribution in [2.45, 2.75) is 25.3 Å². The van der Waals surface area contributed by atoms with Gasteiger partial charge in [-0.25, -0.2) is 0 Å². The van der Waals surface area contributed by atoms with Crippen LogP contribution in [-0.4, -0.2) is 34.2 Å². The largest absolute Gasteiger partial charge is 0.334 e. The van der Waals surface area contributed by atoms with Gasteiger partial charge in [-0.1, -0.05) is 11.6 Å². The molecule has 20 heavy (non-hydrogen) atoms. The fraction of sp³-hybridized carbons (Fsp3) is 0.462. The van der Waals surface area contributed by atoms with Gasteiger partial charge in [0.1, 0.15) is 5.56 Å². The van der Waals surface area contributed by atoms with Crippen molar-refractivity contribution in [2.75, 3.05) is 12.4 Å². The summed E-state index contributed by atoms with van der Waals surface area (Å²) in [5, 5.41) is 11.3. The van der Waals surface area contributed by atoms with Crippen molar-refractivity contribution >= 4 is 34.8 Å². The average Bonchev–Trinajstić information content (AvgIpc) is 2.34. The number of carbonyl (C=O) groups excluding carboxylic acids is 1. The van der Waals surface area contributed by atoms with Crippen molar-refractivity contribution in [3.05, 3.63) is 38.9 Å². The first kappa shape index (κ1) is 15.1. The Balaban J connectivity index is 2.34. The molecule has 0 heterocycles. The van der Waals surface area contributed by atoms with Gasteiger partial charge in [-0.15, -0.1) is 11.6 Å². The molecule has 1 aromatic rings. The lowest BCUT2D eigenvalue weighted by Crippen LogP contribution is -2.45. The van der Waals surface area contributed by atoms with Crippen molar-refractivity contribution in [2.24, 2.45) is 0 Å². The molecular weight excluding hydrogens is 303 g/mol. The maximum absolute atomic E-state index is 12.6. The molecule has 1 amide bonds. The van der Waals surface area contributed by atoms with Crippen molar-refractivity contribution in [1.29, 1.82) is 0 Å². The van der Waals surface area contributed by atoms with Crippen molar-refractivity contribution in [3.8, 4) is 0 Å². The minimum atomic E-state index is -0.566. The van der Waals surface area contributed by atoms with E-state index >= 15 is 0 Å². The molecule has 0 aliphatic heterocycles. The summed E-state index contributed by atoms with van der Waals surface area (Å²) in [6, 6.07) is 4.14. The molecule has 0 N–H and O–H groups in total. The maximum atomic E-state index is 12.6. The third-order valence-corrected chi connectivity index (χ3v) is 3.89. The first-order valence-corrected chi connectivity index (χ1v) is 7.26. The van der Waals surface area contributed by atoms with E-state index < -0.39 is 4.92 Å². The normalized spacial score (nSPS) is 14.7. The topological polar surface area (TPSA) is 63.4 Å². The number of alkyl halides is 1. The Hall–Kier alpha value is -1.33. The Morgan fingerprint density at radius 1 is 1.45 bits per heavy atom. The molecule has 1 aromatic carbocycles. The second kappa shape index (κ2) is 6.41. The van der Waals surface area contributed by atoms with E-state index in [1.807, 2.05) is 0 Å². The van der Waals surface area contributed by atoms with Crippen molar-refractivity contribution in [1.82, 2.24) is 4.90 Å². The standard InChI is InChI=1S/C13H14Cl2N2O3/c14-6-7-16(10-2-1-3-10)13(18)11-8-9(15)4-5-12(11)17(19)20/h4-5,8,10H,1-3,6-7H2. The number of amides is 1. The highest BCUT2D eigenvalue weighted by molar-refractivity contribution is 6.31. The summed E-state index contributed by atoms with van der Waals surface area (Å²) in [7, 11) is 0. The van der Waals surface area contributed by atoms with Crippen LogP contribution in [0, 0.1) is 10.1 Å². The molecule has 7 heteroatoms. The zero-order valence-corrected chi connectivity index (χ0v) is 12.2. The van der Waals surface area contributed by atoms with E-state index in [9.17, 15) is 14.9 Å². The number of benzene rings is 1. The number of nitro benzene ring substituents is 1. The maximum Gasteiger partial charge on any atom is 0.282 e. The lowest BCUT2D eigenvalue weighted by Gasteiger charge is -2.37. The highest BCUT2D eigenvalue weighted by Crippen LogP contribution is 2.29. The minimum absolute atomic E-state index is 0.0273. The molecule has 108 valence electrons. The second-order valence-corrected chi connectivity index (χ2v) is 5.51. The van der Waals surface area contributed by atoms with Crippen LogP contribution in [0.4, 0.5) is 5.69 Å². The minimum Gasteiger partial charge on any atom is -0.334 e. The first-order chi connectivity index (χ1) is 9.54. The molecule has 0 unspecified atom stereocenters. The fourth-order valence-electron chi connectivity index (χ4n) is 2.23. The smallest absolute Gasteiger partial charge is 0.282 e. The Labute approximate surface area is 126 Å². The number of hydrogen-bond acceptors (Lipinski definition) is 3. The fourth-order valence-corrected chi connectivity index (χ4v) is 2.59. The van der Waals surface area contributed by atoms with Crippen LogP contribution in [0.25, 0.3) is 0 Å². The van der Waals surface area contributed by atoms with E-state index in [0.717, 1.165) is 19.3 Å². The van der Waals surface area contributed by atoms with Gasteiger partial charge < -0.3 is 4.90 Å².